The van der Waals surface area contributed by atoms with E-state index in [1.807, 2.05) is 6.92 Å². The summed E-state index contributed by atoms with van der Waals surface area (Å²) >= 11 is 0. The van der Waals surface area contributed by atoms with Crippen LogP contribution in [-0.4, -0.2) is 31.8 Å². The van der Waals surface area contributed by atoms with E-state index in [0.29, 0.717) is 12.2 Å². The summed E-state index contributed by atoms with van der Waals surface area (Å²) in [5.74, 6) is 0.0181. The van der Waals surface area contributed by atoms with E-state index in [9.17, 15) is 18.0 Å². The van der Waals surface area contributed by atoms with Gasteiger partial charge >= 0.3 is 6.18 Å². The van der Waals surface area contributed by atoms with Crippen LogP contribution in [0.5, 0.6) is 5.75 Å². The van der Waals surface area contributed by atoms with E-state index >= 15 is 0 Å². The fourth-order valence-electron chi connectivity index (χ4n) is 2.33. The number of amides is 1. The fourth-order valence-corrected chi connectivity index (χ4v) is 2.33. The number of piperidine rings is 1. The molecule has 0 saturated carbocycles. The first-order chi connectivity index (χ1) is 10.3. The summed E-state index contributed by atoms with van der Waals surface area (Å²) in [7, 11) is 0. The van der Waals surface area contributed by atoms with Gasteiger partial charge in [0, 0.05) is 12.2 Å². The minimum absolute atomic E-state index is 0.0938. The van der Waals surface area contributed by atoms with Crippen molar-refractivity contribution in [3.63, 3.8) is 0 Å². The zero-order valence-corrected chi connectivity index (χ0v) is 12.3. The van der Waals surface area contributed by atoms with Crippen molar-refractivity contribution in [3.05, 3.63) is 24.3 Å². The smallest absolute Gasteiger partial charge is 0.422 e. The lowest BCUT2D eigenvalue weighted by atomic mass is 9.82. The number of alkyl halides is 3. The van der Waals surface area contributed by atoms with Crippen LogP contribution in [0.4, 0.5) is 18.9 Å². The third-order valence-electron chi connectivity index (χ3n) is 3.66. The molecule has 1 atom stereocenters. The van der Waals surface area contributed by atoms with Crippen LogP contribution in [0, 0.1) is 5.41 Å². The fraction of sp³-hybridized carbons (Fsp3) is 0.533. The number of hydrogen-bond acceptors (Lipinski definition) is 3. The van der Waals surface area contributed by atoms with Gasteiger partial charge < -0.3 is 15.4 Å². The molecule has 4 nitrogen and oxygen atoms in total. The Morgan fingerprint density at radius 3 is 2.59 bits per heavy atom. The molecule has 1 aromatic rings. The van der Waals surface area contributed by atoms with Gasteiger partial charge in [-0.1, -0.05) is 0 Å². The lowest BCUT2D eigenvalue weighted by Gasteiger charge is -2.32. The first-order valence-corrected chi connectivity index (χ1v) is 7.10. The molecule has 1 aromatic carbocycles. The van der Waals surface area contributed by atoms with Crippen LogP contribution < -0.4 is 15.4 Å². The number of nitrogens with one attached hydrogen (secondary N) is 2. The Kier molecular flexibility index (Phi) is 4.95. The van der Waals surface area contributed by atoms with E-state index in [4.69, 9.17) is 0 Å². The molecule has 0 radical (unpaired) electrons. The molecule has 0 bridgehead atoms. The molecule has 22 heavy (non-hydrogen) atoms. The lowest BCUT2D eigenvalue weighted by molar-refractivity contribution is -0.153. The number of ether oxygens (including phenoxy) is 1. The van der Waals surface area contributed by atoms with Gasteiger partial charge in [0.05, 0.1) is 5.41 Å². The minimum Gasteiger partial charge on any atom is -0.484 e. The number of carbonyl (C=O) groups is 1. The topological polar surface area (TPSA) is 50.4 Å². The summed E-state index contributed by atoms with van der Waals surface area (Å²) in [5, 5.41) is 5.99. The number of rotatable bonds is 4. The highest BCUT2D eigenvalue weighted by Gasteiger charge is 2.34. The molecule has 1 fully saturated rings. The molecule has 1 amide bonds. The number of halogens is 3. The molecule has 1 saturated heterocycles. The second-order valence-corrected chi connectivity index (χ2v) is 5.72. The van der Waals surface area contributed by atoms with Crippen molar-refractivity contribution in [1.82, 2.24) is 5.32 Å². The van der Waals surface area contributed by atoms with Gasteiger partial charge in [0.2, 0.25) is 5.91 Å². The van der Waals surface area contributed by atoms with E-state index in [2.05, 4.69) is 15.4 Å². The van der Waals surface area contributed by atoms with Crippen molar-refractivity contribution in [2.45, 2.75) is 25.9 Å². The summed E-state index contributed by atoms with van der Waals surface area (Å²) in [4.78, 5) is 12.3. The Labute approximate surface area is 127 Å². The Morgan fingerprint density at radius 1 is 1.36 bits per heavy atom. The maximum atomic E-state index is 12.3. The largest absolute Gasteiger partial charge is 0.484 e. The molecule has 1 heterocycles. The molecule has 1 aliphatic rings. The number of anilines is 1. The zero-order chi connectivity index (χ0) is 16.2. The first-order valence-electron chi connectivity index (χ1n) is 7.10. The zero-order valence-electron chi connectivity index (χ0n) is 12.3. The van der Waals surface area contributed by atoms with Gasteiger partial charge in [0.15, 0.2) is 6.61 Å². The average molecular weight is 316 g/mol. The molecule has 7 heteroatoms. The SMILES string of the molecule is CC1(C(=O)Nc2ccc(OCC(F)(F)F)cc2)CCCNC1. The maximum Gasteiger partial charge on any atom is 0.422 e. The summed E-state index contributed by atoms with van der Waals surface area (Å²) in [6, 6.07) is 5.87. The van der Waals surface area contributed by atoms with Crippen LogP contribution >= 0.6 is 0 Å². The van der Waals surface area contributed by atoms with Crippen molar-refractivity contribution in [3.8, 4) is 5.75 Å². The predicted molar refractivity (Wildman–Crippen MR) is 76.8 cm³/mol. The molecule has 0 spiro atoms. The van der Waals surface area contributed by atoms with Crippen molar-refractivity contribution in [2.75, 3.05) is 25.0 Å². The van der Waals surface area contributed by atoms with Crippen LogP contribution in [0.3, 0.4) is 0 Å². The van der Waals surface area contributed by atoms with Gasteiger partial charge in [-0.3, -0.25) is 4.79 Å². The number of carbonyl (C=O) groups excluding carboxylic acids is 1. The highest BCUT2D eigenvalue weighted by Crippen LogP contribution is 2.28. The van der Waals surface area contributed by atoms with E-state index < -0.39 is 18.2 Å². The van der Waals surface area contributed by atoms with Crippen LogP contribution in [0.25, 0.3) is 0 Å². The number of hydrogen-bond donors (Lipinski definition) is 2. The minimum atomic E-state index is -4.37. The third-order valence-corrected chi connectivity index (χ3v) is 3.66. The van der Waals surface area contributed by atoms with E-state index in [1.165, 1.54) is 24.3 Å². The van der Waals surface area contributed by atoms with Gasteiger partial charge in [0.25, 0.3) is 0 Å². The predicted octanol–water partition coefficient (Wildman–Crippen LogP) is 2.96. The van der Waals surface area contributed by atoms with E-state index in [-0.39, 0.29) is 11.7 Å². The van der Waals surface area contributed by atoms with Crippen LogP contribution in [0.2, 0.25) is 0 Å². The molecular formula is C15H19F3N2O2. The Morgan fingerprint density at radius 2 is 2.05 bits per heavy atom. The Balaban J connectivity index is 1.92. The first kappa shape index (κ1) is 16.6. The van der Waals surface area contributed by atoms with Crippen LogP contribution in [0.15, 0.2) is 24.3 Å². The average Bonchev–Trinajstić information content (AvgIpc) is 2.46. The summed E-state index contributed by atoms with van der Waals surface area (Å²) < 4.78 is 40.8. The van der Waals surface area contributed by atoms with Gasteiger partial charge in [0.1, 0.15) is 5.75 Å². The Hall–Kier alpha value is -1.76. The highest BCUT2D eigenvalue weighted by molar-refractivity contribution is 5.95. The molecule has 122 valence electrons. The van der Waals surface area contributed by atoms with Gasteiger partial charge in [-0.25, -0.2) is 0 Å². The number of benzene rings is 1. The summed E-state index contributed by atoms with van der Waals surface area (Å²) in [5.41, 5.74) is 0.0696. The van der Waals surface area contributed by atoms with Crippen molar-refractivity contribution in [2.24, 2.45) is 5.41 Å². The van der Waals surface area contributed by atoms with E-state index in [0.717, 1.165) is 19.4 Å². The van der Waals surface area contributed by atoms with Crippen LogP contribution in [0.1, 0.15) is 19.8 Å². The van der Waals surface area contributed by atoms with Crippen molar-refractivity contribution in [1.29, 1.82) is 0 Å². The second-order valence-electron chi connectivity index (χ2n) is 5.72. The van der Waals surface area contributed by atoms with Crippen molar-refractivity contribution < 1.29 is 22.7 Å². The molecule has 0 aromatic heterocycles. The molecule has 0 aliphatic carbocycles. The van der Waals surface area contributed by atoms with Crippen LogP contribution in [-0.2, 0) is 4.79 Å². The monoisotopic (exact) mass is 316 g/mol. The Bertz CT molecular complexity index is 509. The normalized spacial score (nSPS) is 22.2. The highest BCUT2D eigenvalue weighted by atomic mass is 19.4. The van der Waals surface area contributed by atoms with Gasteiger partial charge in [-0.15, -0.1) is 0 Å². The molecular weight excluding hydrogens is 297 g/mol. The standard InChI is InChI=1S/C15H19F3N2O2/c1-14(7-2-8-19-9-14)13(21)20-11-3-5-12(6-4-11)22-10-15(16,17)18/h3-6,19H,2,7-10H2,1H3,(H,20,21). The summed E-state index contributed by atoms with van der Waals surface area (Å²) in [6.07, 6.45) is -2.62. The van der Waals surface area contributed by atoms with E-state index in [1.54, 1.807) is 0 Å². The van der Waals surface area contributed by atoms with Crippen molar-refractivity contribution >= 4 is 11.6 Å². The molecule has 1 unspecified atom stereocenters. The van der Waals surface area contributed by atoms with Gasteiger partial charge in [-0.2, -0.15) is 13.2 Å². The summed E-state index contributed by atoms with van der Waals surface area (Å²) in [6.45, 7) is 2.09. The second kappa shape index (κ2) is 6.56. The maximum absolute atomic E-state index is 12.3. The molecule has 1 aliphatic heterocycles. The quantitative estimate of drug-likeness (QED) is 0.898. The molecule has 2 N–H and O–H groups in total. The molecule has 2 rings (SSSR count). The third kappa shape index (κ3) is 4.62. The lowest BCUT2D eigenvalue weighted by Crippen LogP contribution is -2.46. The van der Waals surface area contributed by atoms with Gasteiger partial charge in [-0.05, 0) is 50.6 Å².